The summed E-state index contributed by atoms with van der Waals surface area (Å²) in [5.41, 5.74) is 1.78. The van der Waals surface area contributed by atoms with Gasteiger partial charge in [0.15, 0.2) is 11.5 Å². The minimum Gasteiger partial charge on any atom is -0.441 e. The first-order valence-electron chi connectivity index (χ1n) is 6.30. The summed E-state index contributed by atoms with van der Waals surface area (Å²) in [7, 11) is 0. The Hall–Kier alpha value is -1.02. The molecule has 0 bridgehead atoms. The predicted octanol–water partition coefficient (Wildman–Crippen LogP) is 4.17. The van der Waals surface area contributed by atoms with Crippen LogP contribution in [0.2, 0.25) is 0 Å². The molecule has 1 saturated carbocycles. The van der Waals surface area contributed by atoms with E-state index in [4.69, 9.17) is 16.0 Å². The van der Waals surface area contributed by atoms with E-state index in [1.807, 2.05) is 24.3 Å². The predicted molar refractivity (Wildman–Crippen MR) is 69.3 cm³/mol. The molecule has 1 atom stereocenters. The SMILES string of the molecule is ClC(Cc1nc2ccccc2o1)CC1CCC1. The van der Waals surface area contributed by atoms with Crippen molar-refractivity contribution in [1.29, 1.82) is 0 Å². The van der Waals surface area contributed by atoms with Gasteiger partial charge in [-0.05, 0) is 24.5 Å². The molecule has 1 aromatic heterocycles. The van der Waals surface area contributed by atoms with E-state index in [1.54, 1.807) is 0 Å². The maximum atomic E-state index is 6.35. The third-order valence-corrected chi connectivity index (χ3v) is 3.88. The lowest BCUT2D eigenvalue weighted by molar-refractivity contribution is 0.289. The fourth-order valence-corrected chi connectivity index (χ4v) is 2.75. The van der Waals surface area contributed by atoms with Gasteiger partial charge in [-0.1, -0.05) is 31.4 Å². The molecule has 0 amide bonds. The molecule has 2 aromatic rings. The van der Waals surface area contributed by atoms with Crippen molar-refractivity contribution in [2.75, 3.05) is 0 Å². The highest BCUT2D eigenvalue weighted by atomic mass is 35.5. The van der Waals surface area contributed by atoms with Gasteiger partial charge in [-0.3, -0.25) is 0 Å². The summed E-state index contributed by atoms with van der Waals surface area (Å²) in [4.78, 5) is 4.45. The van der Waals surface area contributed by atoms with Gasteiger partial charge in [0.25, 0.3) is 0 Å². The lowest BCUT2D eigenvalue weighted by Crippen LogP contribution is -2.17. The van der Waals surface area contributed by atoms with Crippen molar-refractivity contribution in [2.24, 2.45) is 5.92 Å². The second-order valence-corrected chi connectivity index (χ2v) is 5.53. The van der Waals surface area contributed by atoms with Gasteiger partial charge in [0.1, 0.15) is 5.52 Å². The molecule has 90 valence electrons. The van der Waals surface area contributed by atoms with Crippen LogP contribution in [0.25, 0.3) is 11.1 Å². The minimum absolute atomic E-state index is 0.161. The third kappa shape index (κ3) is 2.47. The fraction of sp³-hybridized carbons (Fsp3) is 0.500. The standard InChI is InChI=1S/C14H16ClNO/c15-11(8-10-4-3-5-10)9-14-16-12-6-1-2-7-13(12)17-14/h1-2,6-7,10-11H,3-5,8-9H2. The highest BCUT2D eigenvalue weighted by Crippen LogP contribution is 2.32. The van der Waals surface area contributed by atoms with Gasteiger partial charge >= 0.3 is 0 Å². The summed E-state index contributed by atoms with van der Waals surface area (Å²) in [5.74, 6) is 1.60. The van der Waals surface area contributed by atoms with E-state index in [0.717, 1.165) is 35.7 Å². The summed E-state index contributed by atoms with van der Waals surface area (Å²) in [6, 6.07) is 7.85. The summed E-state index contributed by atoms with van der Waals surface area (Å²) in [5, 5.41) is 0.161. The number of hydrogen-bond donors (Lipinski definition) is 0. The zero-order valence-corrected chi connectivity index (χ0v) is 10.5. The van der Waals surface area contributed by atoms with Gasteiger partial charge in [-0.25, -0.2) is 4.98 Å². The van der Waals surface area contributed by atoms with E-state index in [2.05, 4.69) is 4.98 Å². The van der Waals surface area contributed by atoms with Gasteiger partial charge in [0.05, 0.1) is 0 Å². The largest absolute Gasteiger partial charge is 0.441 e. The second-order valence-electron chi connectivity index (χ2n) is 4.91. The Balaban J connectivity index is 1.66. The zero-order valence-electron chi connectivity index (χ0n) is 9.73. The molecule has 17 heavy (non-hydrogen) atoms. The van der Waals surface area contributed by atoms with Crippen LogP contribution >= 0.6 is 11.6 Å². The van der Waals surface area contributed by atoms with E-state index in [0.29, 0.717) is 0 Å². The molecule has 1 aliphatic rings. The van der Waals surface area contributed by atoms with Crippen LogP contribution in [0.1, 0.15) is 31.6 Å². The van der Waals surface area contributed by atoms with Gasteiger partial charge in [-0.2, -0.15) is 0 Å². The zero-order chi connectivity index (χ0) is 11.7. The van der Waals surface area contributed by atoms with E-state index >= 15 is 0 Å². The highest BCUT2D eigenvalue weighted by molar-refractivity contribution is 6.20. The summed E-state index contributed by atoms with van der Waals surface area (Å²) < 4.78 is 5.68. The van der Waals surface area contributed by atoms with Gasteiger partial charge < -0.3 is 4.42 Å². The van der Waals surface area contributed by atoms with Crippen LogP contribution < -0.4 is 0 Å². The summed E-state index contributed by atoms with van der Waals surface area (Å²) >= 11 is 6.35. The van der Waals surface area contributed by atoms with Crippen LogP contribution in [0.15, 0.2) is 28.7 Å². The van der Waals surface area contributed by atoms with Crippen molar-refractivity contribution in [3.05, 3.63) is 30.2 Å². The first kappa shape index (κ1) is 11.1. The summed E-state index contributed by atoms with van der Waals surface area (Å²) in [6.07, 6.45) is 5.90. The molecule has 3 heteroatoms. The minimum atomic E-state index is 0.161. The van der Waals surface area contributed by atoms with Gasteiger partial charge in [0.2, 0.25) is 0 Å². The number of halogens is 1. The number of oxazole rings is 1. The Morgan fingerprint density at radius 2 is 2.18 bits per heavy atom. The normalized spacial score (nSPS) is 18.2. The highest BCUT2D eigenvalue weighted by Gasteiger charge is 2.22. The van der Waals surface area contributed by atoms with Crippen molar-refractivity contribution in [3.8, 4) is 0 Å². The van der Waals surface area contributed by atoms with Crippen molar-refractivity contribution < 1.29 is 4.42 Å². The lowest BCUT2D eigenvalue weighted by atomic mass is 9.82. The monoisotopic (exact) mass is 249 g/mol. The topological polar surface area (TPSA) is 26.0 Å². The van der Waals surface area contributed by atoms with Crippen LogP contribution in [0.5, 0.6) is 0 Å². The number of para-hydroxylation sites is 2. The third-order valence-electron chi connectivity index (χ3n) is 3.55. The molecule has 1 fully saturated rings. The van der Waals surface area contributed by atoms with Crippen LogP contribution in [0.4, 0.5) is 0 Å². The molecule has 0 aliphatic heterocycles. The van der Waals surface area contributed by atoms with Crippen LogP contribution in [0.3, 0.4) is 0 Å². The van der Waals surface area contributed by atoms with Crippen molar-refractivity contribution in [3.63, 3.8) is 0 Å². The number of alkyl halides is 1. The van der Waals surface area contributed by atoms with E-state index in [9.17, 15) is 0 Å². The fourth-order valence-electron chi connectivity index (χ4n) is 2.37. The molecule has 1 aliphatic carbocycles. The van der Waals surface area contributed by atoms with Crippen LogP contribution in [-0.4, -0.2) is 10.4 Å². The number of fused-ring (bicyclic) bond motifs is 1. The molecular weight excluding hydrogens is 234 g/mol. The maximum absolute atomic E-state index is 6.35. The number of benzene rings is 1. The Morgan fingerprint density at radius 3 is 2.88 bits per heavy atom. The molecule has 3 rings (SSSR count). The maximum Gasteiger partial charge on any atom is 0.196 e. The Bertz CT molecular complexity index is 471. The molecule has 2 nitrogen and oxygen atoms in total. The average Bonchev–Trinajstić information content (AvgIpc) is 2.65. The van der Waals surface area contributed by atoms with Crippen molar-refractivity contribution in [2.45, 2.75) is 37.5 Å². The molecule has 0 radical (unpaired) electrons. The van der Waals surface area contributed by atoms with Crippen LogP contribution in [0, 0.1) is 5.92 Å². The molecule has 1 unspecified atom stereocenters. The number of rotatable bonds is 4. The van der Waals surface area contributed by atoms with E-state index in [-0.39, 0.29) is 5.38 Å². The van der Waals surface area contributed by atoms with Crippen molar-refractivity contribution >= 4 is 22.7 Å². The Kier molecular flexibility index (Phi) is 3.06. The number of hydrogen-bond acceptors (Lipinski definition) is 2. The smallest absolute Gasteiger partial charge is 0.196 e. The number of nitrogens with zero attached hydrogens (tertiary/aromatic N) is 1. The molecule has 0 saturated heterocycles. The van der Waals surface area contributed by atoms with E-state index in [1.165, 1.54) is 19.3 Å². The first-order valence-corrected chi connectivity index (χ1v) is 6.73. The summed E-state index contributed by atoms with van der Waals surface area (Å²) in [6.45, 7) is 0. The van der Waals surface area contributed by atoms with Crippen molar-refractivity contribution in [1.82, 2.24) is 4.98 Å². The van der Waals surface area contributed by atoms with Crippen LogP contribution in [-0.2, 0) is 6.42 Å². The second kappa shape index (κ2) is 4.69. The van der Waals surface area contributed by atoms with Gasteiger partial charge in [0, 0.05) is 11.8 Å². The first-order chi connectivity index (χ1) is 8.31. The lowest BCUT2D eigenvalue weighted by Gasteiger charge is -2.26. The Labute approximate surface area is 106 Å². The molecule has 1 heterocycles. The average molecular weight is 250 g/mol. The Morgan fingerprint density at radius 1 is 1.35 bits per heavy atom. The molecular formula is C14H16ClNO. The number of aromatic nitrogens is 1. The molecule has 0 spiro atoms. The quantitative estimate of drug-likeness (QED) is 0.761. The molecule has 0 N–H and O–H groups in total. The van der Waals surface area contributed by atoms with E-state index < -0.39 is 0 Å². The molecule has 1 aromatic carbocycles. The van der Waals surface area contributed by atoms with Gasteiger partial charge in [-0.15, -0.1) is 11.6 Å².